The fourth-order valence-electron chi connectivity index (χ4n) is 4.17. The van der Waals surface area contributed by atoms with Gasteiger partial charge in [0.1, 0.15) is 5.58 Å². The molecule has 3 nitrogen and oxygen atoms in total. The first kappa shape index (κ1) is 12.2. The zero-order valence-corrected chi connectivity index (χ0v) is 11.6. The van der Waals surface area contributed by atoms with E-state index in [2.05, 4.69) is 6.07 Å². The molecule has 0 spiro atoms. The molecule has 20 heavy (non-hydrogen) atoms. The van der Waals surface area contributed by atoms with Crippen molar-refractivity contribution in [3.8, 4) is 0 Å². The second-order valence-corrected chi connectivity index (χ2v) is 6.45. The first-order chi connectivity index (χ1) is 9.63. The molecule has 2 aromatic rings. The zero-order valence-electron chi connectivity index (χ0n) is 11.6. The maximum Gasteiger partial charge on any atom is 0.202 e. The summed E-state index contributed by atoms with van der Waals surface area (Å²) < 4.78 is 5.75. The number of furan rings is 1. The predicted octanol–water partition coefficient (Wildman–Crippen LogP) is 3.30. The number of aryl methyl sites for hydroxylation is 1. The number of rotatable bonds is 2. The summed E-state index contributed by atoms with van der Waals surface area (Å²) in [5.74, 6) is 1.57. The summed E-state index contributed by atoms with van der Waals surface area (Å²) >= 11 is 0. The van der Waals surface area contributed by atoms with Crippen molar-refractivity contribution < 1.29 is 9.21 Å². The lowest BCUT2D eigenvalue weighted by atomic mass is 9.81. The molecule has 0 amide bonds. The van der Waals surface area contributed by atoms with Gasteiger partial charge in [-0.25, -0.2) is 0 Å². The lowest BCUT2D eigenvalue weighted by Crippen LogP contribution is -2.40. The largest absolute Gasteiger partial charge is 0.453 e. The number of ketones is 1. The van der Waals surface area contributed by atoms with E-state index in [1.807, 2.05) is 25.1 Å². The standard InChI is InChI=1S/C17H19NO2/c1-9-2-5-13-12(6-9)8-14(20-13)17(19)15-10-3-4-11(7-10)16(15)18/h2,5-6,8,10-11,15-16H,3-4,7,18H2,1H3. The van der Waals surface area contributed by atoms with Crippen molar-refractivity contribution in [1.82, 2.24) is 0 Å². The molecule has 0 radical (unpaired) electrons. The van der Waals surface area contributed by atoms with Gasteiger partial charge in [-0.15, -0.1) is 0 Å². The predicted molar refractivity (Wildman–Crippen MR) is 77.6 cm³/mol. The highest BCUT2D eigenvalue weighted by Crippen LogP contribution is 2.48. The third-order valence-corrected chi connectivity index (χ3v) is 5.20. The molecule has 4 rings (SSSR count). The number of nitrogens with two attached hydrogens (primary N) is 1. The Hall–Kier alpha value is -1.61. The van der Waals surface area contributed by atoms with Gasteiger partial charge in [-0.3, -0.25) is 4.79 Å². The van der Waals surface area contributed by atoms with Gasteiger partial charge in [-0.1, -0.05) is 11.6 Å². The van der Waals surface area contributed by atoms with Gasteiger partial charge in [0.25, 0.3) is 0 Å². The van der Waals surface area contributed by atoms with Gasteiger partial charge in [0.2, 0.25) is 5.78 Å². The Labute approximate surface area is 118 Å². The SMILES string of the molecule is Cc1ccc2oc(C(=O)C3C4CCC(C4)C3N)cc2c1. The number of carbonyl (C=O) groups is 1. The summed E-state index contributed by atoms with van der Waals surface area (Å²) in [6.07, 6.45) is 3.46. The van der Waals surface area contributed by atoms with E-state index in [0.29, 0.717) is 17.6 Å². The first-order valence-corrected chi connectivity index (χ1v) is 7.43. The number of carbonyl (C=O) groups excluding carboxylic acids is 1. The van der Waals surface area contributed by atoms with E-state index in [1.165, 1.54) is 12.0 Å². The Kier molecular flexibility index (Phi) is 2.55. The van der Waals surface area contributed by atoms with E-state index in [-0.39, 0.29) is 17.7 Å². The average molecular weight is 269 g/mol. The molecule has 1 heterocycles. The van der Waals surface area contributed by atoms with Crippen molar-refractivity contribution in [3.63, 3.8) is 0 Å². The molecule has 3 heteroatoms. The van der Waals surface area contributed by atoms with E-state index in [1.54, 1.807) is 0 Å². The first-order valence-electron chi connectivity index (χ1n) is 7.43. The molecule has 1 aromatic carbocycles. The average Bonchev–Trinajstić information content (AvgIpc) is 3.10. The summed E-state index contributed by atoms with van der Waals surface area (Å²) in [5.41, 5.74) is 8.22. The zero-order chi connectivity index (χ0) is 13.9. The third-order valence-electron chi connectivity index (χ3n) is 5.20. The highest BCUT2D eigenvalue weighted by molar-refractivity contribution is 6.00. The van der Waals surface area contributed by atoms with Crippen LogP contribution in [0, 0.1) is 24.7 Å². The molecular formula is C17H19NO2. The second-order valence-electron chi connectivity index (χ2n) is 6.45. The van der Waals surface area contributed by atoms with Crippen molar-refractivity contribution in [2.45, 2.75) is 32.2 Å². The topological polar surface area (TPSA) is 56.2 Å². The van der Waals surface area contributed by atoms with E-state index in [9.17, 15) is 4.79 Å². The molecule has 2 N–H and O–H groups in total. The van der Waals surface area contributed by atoms with Gasteiger partial charge in [-0.2, -0.15) is 0 Å². The smallest absolute Gasteiger partial charge is 0.202 e. The number of hydrogen-bond donors (Lipinski definition) is 1. The molecule has 2 fully saturated rings. The van der Waals surface area contributed by atoms with E-state index in [4.69, 9.17) is 10.2 Å². The molecule has 104 valence electrons. The van der Waals surface area contributed by atoms with Crippen LogP contribution in [0.5, 0.6) is 0 Å². The van der Waals surface area contributed by atoms with Crippen LogP contribution in [0.3, 0.4) is 0 Å². The Balaban J connectivity index is 1.70. The quantitative estimate of drug-likeness (QED) is 0.851. The summed E-state index contributed by atoms with van der Waals surface area (Å²) in [5, 5.41) is 1.00. The number of Topliss-reactive ketones (excluding diaryl/α,β-unsaturated/α-hetero) is 1. The van der Waals surface area contributed by atoms with Crippen LogP contribution in [0.15, 0.2) is 28.7 Å². The highest BCUT2D eigenvalue weighted by atomic mass is 16.3. The van der Waals surface area contributed by atoms with Gasteiger partial charge < -0.3 is 10.2 Å². The lowest BCUT2D eigenvalue weighted by molar-refractivity contribution is 0.0829. The molecule has 4 atom stereocenters. The summed E-state index contributed by atoms with van der Waals surface area (Å²) in [6, 6.07) is 7.89. The van der Waals surface area contributed by atoms with Crippen LogP contribution in [0.1, 0.15) is 35.4 Å². The minimum Gasteiger partial charge on any atom is -0.453 e. The minimum atomic E-state index is -0.0320. The maximum absolute atomic E-state index is 12.7. The number of hydrogen-bond acceptors (Lipinski definition) is 3. The normalized spacial score (nSPS) is 32.1. The van der Waals surface area contributed by atoms with Gasteiger partial charge in [0, 0.05) is 17.3 Å². The fraction of sp³-hybridized carbons (Fsp3) is 0.471. The summed E-state index contributed by atoms with van der Waals surface area (Å²) in [6.45, 7) is 2.04. The molecule has 0 saturated heterocycles. The van der Waals surface area contributed by atoms with Crippen molar-refractivity contribution in [2.75, 3.05) is 0 Å². The Morgan fingerprint density at radius 2 is 2.05 bits per heavy atom. The number of fused-ring (bicyclic) bond motifs is 3. The maximum atomic E-state index is 12.7. The molecule has 0 aliphatic heterocycles. The van der Waals surface area contributed by atoms with Gasteiger partial charge in [0.15, 0.2) is 5.76 Å². The van der Waals surface area contributed by atoms with Crippen LogP contribution >= 0.6 is 0 Å². The summed E-state index contributed by atoms with van der Waals surface area (Å²) in [4.78, 5) is 12.7. The van der Waals surface area contributed by atoms with Crippen LogP contribution in [0.4, 0.5) is 0 Å². The Morgan fingerprint density at radius 1 is 1.25 bits per heavy atom. The van der Waals surface area contributed by atoms with E-state index < -0.39 is 0 Å². The Morgan fingerprint density at radius 3 is 2.80 bits per heavy atom. The lowest BCUT2D eigenvalue weighted by Gasteiger charge is -2.25. The van der Waals surface area contributed by atoms with Crippen LogP contribution < -0.4 is 5.73 Å². The molecule has 1 aromatic heterocycles. The summed E-state index contributed by atoms with van der Waals surface area (Å²) in [7, 11) is 0. The van der Waals surface area contributed by atoms with Crippen molar-refractivity contribution in [3.05, 3.63) is 35.6 Å². The van der Waals surface area contributed by atoms with E-state index in [0.717, 1.165) is 23.8 Å². The third kappa shape index (κ3) is 1.66. The van der Waals surface area contributed by atoms with E-state index >= 15 is 0 Å². The van der Waals surface area contributed by atoms with Crippen molar-refractivity contribution >= 4 is 16.8 Å². The van der Waals surface area contributed by atoms with Crippen LogP contribution in [-0.2, 0) is 0 Å². The molecule has 2 aliphatic rings. The molecule has 2 bridgehead atoms. The Bertz CT molecular complexity index is 685. The fourth-order valence-corrected chi connectivity index (χ4v) is 4.17. The monoisotopic (exact) mass is 269 g/mol. The molecular weight excluding hydrogens is 250 g/mol. The van der Waals surface area contributed by atoms with Crippen LogP contribution in [-0.4, -0.2) is 11.8 Å². The minimum absolute atomic E-state index is 0.0243. The van der Waals surface area contributed by atoms with Crippen molar-refractivity contribution in [1.29, 1.82) is 0 Å². The van der Waals surface area contributed by atoms with Gasteiger partial charge >= 0.3 is 0 Å². The highest BCUT2D eigenvalue weighted by Gasteiger charge is 2.49. The van der Waals surface area contributed by atoms with Gasteiger partial charge in [-0.05, 0) is 56.2 Å². The molecule has 2 saturated carbocycles. The second kappa shape index (κ2) is 4.19. The molecule has 4 unspecified atom stereocenters. The van der Waals surface area contributed by atoms with Gasteiger partial charge in [0.05, 0.1) is 0 Å². The van der Waals surface area contributed by atoms with Crippen molar-refractivity contribution in [2.24, 2.45) is 23.5 Å². The van der Waals surface area contributed by atoms with Crippen LogP contribution in [0.25, 0.3) is 11.0 Å². The number of benzene rings is 1. The molecule has 2 aliphatic carbocycles. The van der Waals surface area contributed by atoms with Crippen LogP contribution in [0.2, 0.25) is 0 Å².